The number of amides is 2. The number of rotatable bonds is 2. The van der Waals surface area contributed by atoms with Gasteiger partial charge in [-0.3, -0.25) is 4.79 Å². The molecule has 0 radical (unpaired) electrons. The van der Waals surface area contributed by atoms with Crippen LogP contribution in [0, 0.1) is 5.92 Å². The van der Waals surface area contributed by atoms with Crippen LogP contribution in [0.1, 0.15) is 46.6 Å². The number of ether oxygens (including phenoxy) is 1. The molecule has 2 amide bonds. The van der Waals surface area contributed by atoms with Gasteiger partial charge in [0.2, 0.25) is 5.67 Å². The van der Waals surface area contributed by atoms with Gasteiger partial charge in [-0.1, -0.05) is 32.0 Å². The van der Waals surface area contributed by atoms with Gasteiger partial charge in [-0.2, -0.15) is 0 Å². The molecule has 1 aliphatic rings. The lowest BCUT2D eigenvalue weighted by atomic mass is 9.88. The summed E-state index contributed by atoms with van der Waals surface area (Å²) in [4.78, 5) is 25.7. The summed E-state index contributed by atoms with van der Waals surface area (Å²) in [6.07, 6.45) is -0.810. The molecule has 0 saturated heterocycles. The minimum absolute atomic E-state index is 0.0272. The fraction of sp³-hybridized carbons (Fsp3) is 0.529. The molecule has 1 aliphatic heterocycles. The number of carbonyl (C=O) groups is 2. The predicted octanol–water partition coefficient (Wildman–Crippen LogP) is 4.18. The Morgan fingerprint density at radius 2 is 1.91 bits per heavy atom. The molecule has 1 aromatic carbocycles. The first kappa shape index (κ1) is 16.5. The summed E-state index contributed by atoms with van der Waals surface area (Å²) < 4.78 is 20.6. The topological polar surface area (TPSA) is 46.6 Å². The predicted molar refractivity (Wildman–Crippen MR) is 82.4 cm³/mol. The summed E-state index contributed by atoms with van der Waals surface area (Å²) in [7, 11) is 0. The molecule has 1 aromatic rings. The summed E-state index contributed by atoms with van der Waals surface area (Å²) in [5.41, 5.74) is -2.43. The Morgan fingerprint density at radius 3 is 2.45 bits per heavy atom. The number of imide groups is 1. The first-order valence-corrected chi connectivity index (χ1v) is 7.42. The van der Waals surface area contributed by atoms with Gasteiger partial charge in [-0.15, -0.1) is 0 Å². The van der Waals surface area contributed by atoms with E-state index in [1.807, 2.05) is 13.8 Å². The van der Waals surface area contributed by atoms with E-state index in [1.54, 1.807) is 45.0 Å². The van der Waals surface area contributed by atoms with Crippen molar-refractivity contribution in [3.63, 3.8) is 0 Å². The summed E-state index contributed by atoms with van der Waals surface area (Å²) in [5, 5.41) is 0. The second-order valence-electron chi connectivity index (χ2n) is 7.04. The number of halogens is 1. The van der Waals surface area contributed by atoms with Crippen LogP contribution >= 0.6 is 0 Å². The van der Waals surface area contributed by atoms with E-state index in [-0.39, 0.29) is 23.6 Å². The average Bonchev–Trinajstić information content (AvgIpc) is 2.56. The number of alkyl halides is 1. The highest BCUT2D eigenvalue weighted by atomic mass is 19.1. The molecule has 120 valence electrons. The normalized spacial score (nSPS) is 21.2. The lowest BCUT2D eigenvalue weighted by Crippen LogP contribution is -2.44. The molecule has 1 atom stereocenters. The van der Waals surface area contributed by atoms with Gasteiger partial charge in [-0.25, -0.2) is 14.1 Å². The SMILES string of the molecule is CC(C)C[C@]1(F)C(=O)N(C(=O)OC(C)(C)C)c2ccccc21. The highest BCUT2D eigenvalue weighted by Gasteiger charge is 2.54. The average molecular weight is 307 g/mol. The van der Waals surface area contributed by atoms with Gasteiger partial charge in [0.25, 0.3) is 5.91 Å². The van der Waals surface area contributed by atoms with E-state index in [0.29, 0.717) is 0 Å². The van der Waals surface area contributed by atoms with Crippen LogP contribution in [0.25, 0.3) is 0 Å². The van der Waals surface area contributed by atoms with Crippen molar-refractivity contribution in [2.45, 2.75) is 52.3 Å². The standard InChI is InChI=1S/C17H22FNO3/c1-11(2)10-17(18)12-8-6-7-9-13(12)19(14(17)20)15(21)22-16(3,4)5/h6-9,11H,10H2,1-5H3/t17-/m1/s1. The van der Waals surface area contributed by atoms with Gasteiger partial charge >= 0.3 is 6.09 Å². The fourth-order valence-electron chi connectivity index (χ4n) is 2.65. The minimum Gasteiger partial charge on any atom is -0.443 e. The monoisotopic (exact) mass is 307 g/mol. The minimum atomic E-state index is -2.18. The maximum Gasteiger partial charge on any atom is 0.421 e. The highest BCUT2D eigenvalue weighted by Crippen LogP contribution is 2.46. The van der Waals surface area contributed by atoms with E-state index in [9.17, 15) is 9.59 Å². The zero-order chi connectivity index (χ0) is 16.7. The largest absolute Gasteiger partial charge is 0.443 e. The van der Waals surface area contributed by atoms with E-state index in [0.717, 1.165) is 4.90 Å². The molecule has 0 aromatic heterocycles. The molecule has 2 rings (SSSR count). The fourth-order valence-corrected chi connectivity index (χ4v) is 2.65. The molecule has 1 heterocycles. The van der Waals surface area contributed by atoms with Gasteiger partial charge in [0.15, 0.2) is 0 Å². The van der Waals surface area contributed by atoms with Crippen LogP contribution < -0.4 is 4.90 Å². The lowest BCUT2D eigenvalue weighted by Gasteiger charge is -2.25. The third-order valence-electron chi connectivity index (χ3n) is 3.38. The second kappa shape index (κ2) is 5.38. The molecule has 5 heteroatoms. The summed E-state index contributed by atoms with van der Waals surface area (Å²) >= 11 is 0. The third-order valence-corrected chi connectivity index (χ3v) is 3.38. The first-order chi connectivity index (χ1) is 10.1. The van der Waals surface area contributed by atoms with Crippen molar-refractivity contribution < 1.29 is 18.7 Å². The molecule has 0 aliphatic carbocycles. The lowest BCUT2D eigenvalue weighted by molar-refractivity contribution is -0.130. The van der Waals surface area contributed by atoms with E-state index in [1.165, 1.54) is 0 Å². The molecule has 0 unspecified atom stereocenters. The van der Waals surface area contributed by atoms with E-state index in [2.05, 4.69) is 0 Å². The number of hydrogen-bond acceptors (Lipinski definition) is 3. The van der Waals surface area contributed by atoms with Gasteiger partial charge in [-0.05, 0) is 39.2 Å². The number of para-hydroxylation sites is 1. The van der Waals surface area contributed by atoms with Crippen LogP contribution in [0.2, 0.25) is 0 Å². The second-order valence-corrected chi connectivity index (χ2v) is 7.04. The number of benzene rings is 1. The van der Waals surface area contributed by atoms with Crippen LogP contribution in [0.4, 0.5) is 14.9 Å². The van der Waals surface area contributed by atoms with Crippen molar-refractivity contribution in [1.82, 2.24) is 0 Å². The Hall–Kier alpha value is -1.91. The van der Waals surface area contributed by atoms with Crippen LogP contribution in [-0.2, 0) is 15.2 Å². The Bertz CT molecular complexity index is 606. The van der Waals surface area contributed by atoms with E-state index in [4.69, 9.17) is 4.74 Å². The summed E-state index contributed by atoms with van der Waals surface area (Å²) in [5.74, 6) is -0.891. The smallest absolute Gasteiger partial charge is 0.421 e. The molecular formula is C17H22FNO3. The van der Waals surface area contributed by atoms with Gasteiger partial charge < -0.3 is 4.74 Å². The summed E-state index contributed by atoms with van der Waals surface area (Å²) in [6.45, 7) is 8.79. The Labute approximate surface area is 130 Å². The van der Waals surface area contributed by atoms with Crippen molar-refractivity contribution in [2.24, 2.45) is 5.92 Å². The Morgan fingerprint density at radius 1 is 1.32 bits per heavy atom. The van der Waals surface area contributed by atoms with Crippen LogP contribution in [0.15, 0.2) is 24.3 Å². The molecule has 22 heavy (non-hydrogen) atoms. The zero-order valence-electron chi connectivity index (χ0n) is 13.6. The van der Waals surface area contributed by atoms with Crippen LogP contribution in [0.3, 0.4) is 0 Å². The quantitative estimate of drug-likeness (QED) is 0.823. The molecular weight excluding hydrogens is 285 g/mol. The van der Waals surface area contributed by atoms with Crippen molar-refractivity contribution in [2.75, 3.05) is 4.90 Å². The van der Waals surface area contributed by atoms with Gasteiger partial charge in [0, 0.05) is 5.56 Å². The van der Waals surface area contributed by atoms with Crippen molar-refractivity contribution >= 4 is 17.7 Å². The highest BCUT2D eigenvalue weighted by molar-refractivity contribution is 6.20. The Balaban J connectivity index is 2.46. The van der Waals surface area contributed by atoms with Crippen molar-refractivity contribution in [3.05, 3.63) is 29.8 Å². The zero-order valence-corrected chi connectivity index (χ0v) is 13.6. The van der Waals surface area contributed by atoms with Crippen LogP contribution in [0.5, 0.6) is 0 Å². The number of fused-ring (bicyclic) bond motifs is 1. The molecule has 0 N–H and O–H groups in total. The number of carbonyl (C=O) groups excluding carboxylic acids is 2. The van der Waals surface area contributed by atoms with Gasteiger partial charge in [0.1, 0.15) is 5.60 Å². The molecule has 4 nitrogen and oxygen atoms in total. The summed E-state index contributed by atoms with van der Waals surface area (Å²) in [6, 6.07) is 6.46. The molecule has 0 fully saturated rings. The third kappa shape index (κ3) is 2.85. The van der Waals surface area contributed by atoms with Crippen LogP contribution in [-0.4, -0.2) is 17.6 Å². The van der Waals surface area contributed by atoms with E-state index >= 15 is 4.39 Å². The van der Waals surface area contributed by atoms with Gasteiger partial charge in [0.05, 0.1) is 5.69 Å². The first-order valence-electron chi connectivity index (χ1n) is 7.42. The Kier molecular flexibility index (Phi) is 4.02. The molecule has 0 bridgehead atoms. The van der Waals surface area contributed by atoms with E-state index < -0.39 is 23.3 Å². The molecule has 0 spiro atoms. The van der Waals surface area contributed by atoms with Crippen molar-refractivity contribution in [1.29, 1.82) is 0 Å². The maximum atomic E-state index is 15.4. The number of hydrogen-bond donors (Lipinski definition) is 0. The number of anilines is 1. The number of nitrogens with zero attached hydrogens (tertiary/aromatic N) is 1. The maximum absolute atomic E-state index is 15.4. The molecule has 0 saturated carbocycles. The van der Waals surface area contributed by atoms with Crippen molar-refractivity contribution in [3.8, 4) is 0 Å².